The van der Waals surface area contributed by atoms with Crippen molar-refractivity contribution in [1.29, 1.82) is 0 Å². The first-order valence-electron chi connectivity index (χ1n) is 9.59. The van der Waals surface area contributed by atoms with Crippen LogP contribution >= 0.6 is 0 Å². The molecule has 2 heteroatoms. The van der Waals surface area contributed by atoms with E-state index in [0.29, 0.717) is 29.5 Å². The number of carbonyl (C=O) groups excluding carboxylic acids is 1. The van der Waals surface area contributed by atoms with Crippen LogP contribution in [0.2, 0.25) is 0 Å². The minimum absolute atomic E-state index is 0.0354. The highest BCUT2D eigenvalue weighted by molar-refractivity contribution is 5.87. The Labute approximate surface area is 140 Å². The van der Waals surface area contributed by atoms with Crippen molar-refractivity contribution in [3.8, 4) is 12.3 Å². The second-order valence-corrected chi connectivity index (χ2v) is 9.28. The van der Waals surface area contributed by atoms with E-state index in [1.165, 1.54) is 12.8 Å². The molecule has 0 saturated heterocycles. The molecule has 0 radical (unpaired) electrons. The molecule has 4 aliphatic rings. The molecule has 4 aliphatic carbocycles. The molecule has 4 fully saturated rings. The van der Waals surface area contributed by atoms with Gasteiger partial charge in [0, 0.05) is 17.8 Å². The summed E-state index contributed by atoms with van der Waals surface area (Å²) in [6.07, 6.45) is 14.0. The van der Waals surface area contributed by atoms with Gasteiger partial charge in [-0.2, -0.15) is 0 Å². The number of hydrogen-bond donors (Lipinski definition) is 1. The van der Waals surface area contributed by atoms with Crippen molar-refractivity contribution in [2.24, 2.45) is 40.4 Å². The molecule has 0 aromatic heterocycles. The molecule has 4 saturated carbocycles. The van der Waals surface area contributed by atoms with Gasteiger partial charge in [0.25, 0.3) is 0 Å². The van der Waals surface area contributed by atoms with E-state index in [9.17, 15) is 9.90 Å². The second kappa shape index (κ2) is 5.09. The van der Waals surface area contributed by atoms with E-state index >= 15 is 0 Å². The minimum atomic E-state index is -0.309. The predicted molar refractivity (Wildman–Crippen MR) is 90.4 cm³/mol. The summed E-state index contributed by atoms with van der Waals surface area (Å²) in [5.74, 6) is 5.96. The molecule has 2 nitrogen and oxygen atoms in total. The zero-order valence-electron chi connectivity index (χ0n) is 14.6. The van der Waals surface area contributed by atoms with E-state index in [1.807, 2.05) is 0 Å². The van der Waals surface area contributed by atoms with Crippen LogP contribution in [0.4, 0.5) is 0 Å². The molecule has 0 aromatic rings. The predicted octanol–water partition coefficient (Wildman–Crippen LogP) is 3.82. The lowest BCUT2D eigenvalue weighted by atomic mass is 9.43. The lowest BCUT2D eigenvalue weighted by Crippen LogP contribution is -2.56. The molecule has 4 rings (SSSR count). The third-order valence-electron chi connectivity index (χ3n) is 8.67. The Balaban J connectivity index is 1.67. The molecule has 1 N–H and O–H groups in total. The van der Waals surface area contributed by atoms with Crippen LogP contribution < -0.4 is 0 Å². The molecule has 126 valence electrons. The highest BCUT2D eigenvalue weighted by Gasteiger charge is 2.61. The molecule has 8 atom stereocenters. The standard InChI is InChI=1S/C21H30O2/c1-4-13-15-6-5-14-16-7-8-19(23)21(16,3)11-9-17(14)20(15,2)12-10-18(13)22/h1,13-18,22H,5-12H2,2-3H3/t13-,14-,15-,16-,17-,18-,20-,21-/m0/s1. The summed E-state index contributed by atoms with van der Waals surface area (Å²) in [5, 5.41) is 10.4. The van der Waals surface area contributed by atoms with Crippen LogP contribution in [-0.2, 0) is 4.79 Å². The highest BCUT2D eigenvalue weighted by atomic mass is 16.3. The number of carbonyl (C=O) groups is 1. The van der Waals surface area contributed by atoms with E-state index in [-0.39, 0.29) is 22.9 Å². The smallest absolute Gasteiger partial charge is 0.139 e. The summed E-state index contributed by atoms with van der Waals surface area (Å²) < 4.78 is 0. The first-order chi connectivity index (χ1) is 10.9. The number of hydrogen-bond acceptors (Lipinski definition) is 2. The number of aliphatic hydroxyl groups excluding tert-OH is 1. The first kappa shape index (κ1) is 15.7. The largest absolute Gasteiger partial charge is 0.392 e. The molecule has 0 spiro atoms. The van der Waals surface area contributed by atoms with Gasteiger partial charge in [-0.3, -0.25) is 4.79 Å². The fourth-order valence-electron chi connectivity index (χ4n) is 7.35. The molecule has 0 unspecified atom stereocenters. The summed E-state index contributed by atoms with van der Waals surface area (Å²) >= 11 is 0. The number of aliphatic hydroxyl groups is 1. The van der Waals surface area contributed by atoms with Crippen LogP contribution in [-0.4, -0.2) is 17.0 Å². The van der Waals surface area contributed by atoms with E-state index in [2.05, 4.69) is 19.8 Å². The molecular weight excluding hydrogens is 284 g/mol. The van der Waals surface area contributed by atoms with E-state index in [0.717, 1.165) is 38.5 Å². The molecular formula is C21H30O2. The van der Waals surface area contributed by atoms with Gasteiger partial charge in [-0.15, -0.1) is 12.3 Å². The Hall–Kier alpha value is -0.810. The summed E-state index contributed by atoms with van der Waals surface area (Å²) in [5.41, 5.74) is 0.232. The van der Waals surface area contributed by atoms with Crippen molar-refractivity contribution in [3.63, 3.8) is 0 Å². The van der Waals surface area contributed by atoms with Gasteiger partial charge in [0.15, 0.2) is 0 Å². The highest BCUT2D eigenvalue weighted by Crippen LogP contribution is 2.66. The quantitative estimate of drug-likeness (QED) is 0.690. The molecule has 0 heterocycles. The molecule has 0 bridgehead atoms. The van der Waals surface area contributed by atoms with E-state index < -0.39 is 0 Å². The maximum atomic E-state index is 12.4. The second-order valence-electron chi connectivity index (χ2n) is 9.28. The Morgan fingerprint density at radius 1 is 1.04 bits per heavy atom. The third-order valence-corrected chi connectivity index (χ3v) is 8.67. The summed E-state index contributed by atoms with van der Waals surface area (Å²) in [7, 11) is 0. The topological polar surface area (TPSA) is 37.3 Å². The van der Waals surface area contributed by atoms with Crippen molar-refractivity contribution in [3.05, 3.63) is 0 Å². The number of ketones is 1. The van der Waals surface area contributed by atoms with Crippen molar-refractivity contribution < 1.29 is 9.90 Å². The van der Waals surface area contributed by atoms with E-state index in [1.54, 1.807) is 0 Å². The minimum Gasteiger partial charge on any atom is -0.392 e. The summed E-state index contributed by atoms with van der Waals surface area (Å²) in [6.45, 7) is 4.69. The Morgan fingerprint density at radius 3 is 2.57 bits per heavy atom. The average molecular weight is 314 g/mol. The van der Waals surface area contributed by atoms with Crippen LogP contribution in [0, 0.1) is 52.8 Å². The third kappa shape index (κ3) is 1.95. The number of rotatable bonds is 0. The molecule has 0 aromatic carbocycles. The van der Waals surface area contributed by atoms with Crippen LogP contribution in [0.1, 0.15) is 65.2 Å². The van der Waals surface area contributed by atoms with Crippen LogP contribution in [0.15, 0.2) is 0 Å². The van der Waals surface area contributed by atoms with Gasteiger partial charge in [0.2, 0.25) is 0 Å². The first-order valence-corrected chi connectivity index (χ1v) is 9.59. The van der Waals surface area contributed by atoms with Gasteiger partial charge in [-0.1, -0.05) is 13.8 Å². The van der Waals surface area contributed by atoms with Gasteiger partial charge in [0.1, 0.15) is 5.78 Å². The fourth-order valence-corrected chi connectivity index (χ4v) is 7.35. The Kier molecular flexibility index (Phi) is 3.48. The van der Waals surface area contributed by atoms with Crippen molar-refractivity contribution >= 4 is 5.78 Å². The maximum absolute atomic E-state index is 12.4. The van der Waals surface area contributed by atoms with E-state index in [4.69, 9.17) is 6.42 Å². The SMILES string of the molecule is C#C[C@@H]1[C@@H](O)CC[C@@]2(C)[C@H]1CC[C@@H]1[C@@H]2CC[C@]2(C)C(=O)CC[C@@H]12. The lowest BCUT2D eigenvalue weighted by molar-refractivity contribution is -0.148. The Morgan fingerprint density at radius 2 is 1.83 bits per heavy atom. The van der Waals surface area contributed by atoms with Crippen molar-refractivity contribution in [2.45, 2.75) is 71.3 Å². The average Bonchev–Trinajstić information content (AvgIpc) is 2.83. The summed E-state index contributed by atoms with van der Waals surface area (Å²) in [6, 6.07) is 0. The van der Waals surface area contributed by atoms with Crippen LogP contribution in [0.25, 0.3) is 0 Å². The number of terminal acetylenes is 1. The molecule has 0 aliphatic heterocycles. The zero-order valence-corrected chi connectivity index (χ0v) is 14.6. The van der Waals surface area contributed by atoms with Gasteiger partial charge in [-0.25, -0.2) is 0 Å². The van der Waals surface area contributed by atoms with Gasteiger partial charge in [-0.05, 0) is 74.0 Å². The number of fused-ring (bicyclic) bond motifs is 5. The maximum Gasteiger partial charge on any atom is 0.139 e. The lowest BCUT2D eigenvalue weighted by Gasteiger charge is -2.61. The van der Waals surface area contributed by atoms with Gasteiger partial charge < -0.3 is 5.11 Å². The Bertz CT molecular complexity index is 561. The van der Waals surface area contributed by atoms with Crippen LogP contribution in [0.5, 0.6) is 0 Å². The molecule has 23 heavy (non-hydrogen) atoms. The van der Waals surface area contributed by atoms with Crippen molar-refractivity contribution in [1.82, 2.24) is 0 Å². The summed E-state index contributed by atoms with van der Waals surface area (Å²) in [4.78, 5) is 12.4. The molecule has 0 amide bonds. The fraction of sp³-hybridized carbons (Fsp3) is 0.857. The monoisotopic (exact) mass is 314 g/mol. The van der Waals surface area contributed by atoms with Crippen LogP contribution in [0.3, 0.4) is 0 Å². The normalized spacial score (nSPS) is 55.5. The zero-order chi connectivity index (χ0) is 16.4. The van der Waals surface area contributed by atoms with Crippen molar-refractivity contribution in [2.75, 3.05) is 0 Å². The van der Waals surface area contributed by atoms with Gasteiger partial charge in [0.05, 0.1) is 6.10 Å². The number of Topliss-reactive ketones (excluding diaryl/α,β-unsaturated/α-hetero) is 1. The van der Waals surface area contributed by atoms with Gasteiger partial charge >= 0.3 is 0 Å².